The van der Waals surface area contributed by atoms with E-state index in [0.29, 0.717) is 12.1 Å². The summed E-state index contributed by atoms with van der Waals surface area (Å²) in [4.78, 5) is 10.5. The van der Waals surface area contributed by atoms with Gasteiger partial charge in [-0.15, -0.1) is 0 Å². The summed E-state index contributed by atoms with van der Waals surface area (Å²) in [5.41, 5.74) is 12.7. The van der Waals surface area contributed by atoms with Gasteiger partial charge in [-0.2, -0.15) is 0 Å². The van der Waals surface area contributed by atoms with E-state index in [4.69, 9.17) is 16.9 Å². The molecule has 16 heavy (non-hydrogen) atoms. The Morgan fingerprint density at radius 3 is 2.81 bits per heavy atom. The fraction of sp³-hybridized carbons (Fsp3) is 0.0909. The molecular weight excluding hydrogens is 204 g/mol. The zero-order valence-corrected chi connectivity index (χ0v) is 8.73. The lowest BCUT2D eigenvalue weighted by atomic mass is 10.0. The highest BCUT2D eigenvalue weighted by atomic mass is 16.2. The summed E-state index contributed by atoms with van der Waals surface area (Å²) >= 11 is 0. The monoisotopic (exact) mass is 218 g/mol. The van der Waals surface area contributed by atoms with Crippen LogP contribution in [0, 0.1) is 5.41 Å². The van der Waals surface area contributed by atoms with Crippen molar-refractivity contribution in [3.05, 3.63) is 41.6 Å². The van der Waals surface area contributed by atoms with Crippen molar-refractivity contribution in [2.75, 3.05) is 0 Å². The highest BCUT2D eigenvalue weighted by molar-refractivity contribution is 6.08. The number of amides is 2. The lowest BCUT2D eigenvalue weighted by Crippen LogP contribution is -2.28. The number of carbonyl (C=O) groups is 1. The molecule has 0 unspecified atom stereocenters. The van der Waals surface area contributed by atoms with Crippen LogP contribution in [0.25, 0.3) is 5.57 Å². The van der Waals surface area contributed by atoms with Crippen LogP contribution in [-0.2, 0) is 6.54 Å². The Labute approximate surface area is 93.6 Å². The number of hydrogen-bond donors (Lipinski definition) is 4. The maximum absolute atomic E-state index is 10.5. The molecule has 0 spiro atoms. The Hall–Kier alpha value is -2.30. The molecule has 0 radical (unpaired) electrons. The largest absolute Gasteiger partial charge is 0.404 e. The minimum atomic E-state index is -0.563. The molecule has 1 aromatic carbocycles. The van der Waals surface area contributed by atoms with Crippen LogP contribution < -0.4 is 16.8 Å². The van der Waals surface area contributed by atoms with E-state index in [0.717, 1.165) is 11.1 Å². The molecule has 0 aromatic heterocycles. The van der Waals surface area contributed by atoms with Gasteiger partial charge in [-0.05, 0) is 17.2 Å². The van der Waals surface area contributed by atoms with Crippen molar-refractivity contribution in [1.82, 2.24) is 5.32 Å². The molecule has 0 saturated carbocycles. The summed E-state index contributed by atoms with van der Waals surface area (Å²) in [5.74, 6) is 0. The molecule has 6 N–H and O–H groups in total. The van der Waals surface area contributed by atoms with Gasteiger partial charge in [-0.25, -0.2) is 4.79 Å². The van der Waals surface area contributed by atoms with Crippen LogP contribution in [0.15, 0.2) is 30.5 Å². The van der Waals surface area contributed by atoms with Crippen molar-refractivity contribution in [3.63, 3.8) is 0 Å². The first-order valence-corrected chi connectivity index (χ1v) is 4.72. The van der Waals surface area contributed by atoms with E-state index >= 15 is 0 Å². The number of nitrogens with two attached hydrogens (primary N) is 2. The molecule has 0 atom stereocenters. The van der Waals surface area contributed by atoms with Gasteiger partial charge in [0.25, 0.3) is 0 Å². The van der Waals surface area contributed by atoms with Gasteiger partial charge < -0.3 is 22.2 Å². The average molecular weight is 218 g/mol. The molecule has 0 saturated heterocycles. The van der Waals surface area contributed by atoms with Crippen LogP contribution in [0.4, 0.5) is 4.79 Å². The summed E-state index contributed by atoms with van der Waals surface area (Å²) in [6.45, 7) is 0.360. The summed E-state index contributed by atoms with van der Waals surface area (Å²) in [7, 11) is 0. The zero-order valence-electron chi connectivity index (χ0n) is 8.73. The normalized spacial score (nSPS) is 10.9. The molecule has 0 heterocycles. The second kappa shape index (κ2) is 5.55. The van der Waals surface area contributed by atoms with Gasteiger partial charge in [-0.3, -0.25) is 0 Å². The number of carbonyl (C=O) groups excluding carboxylic acids is 1. The number of allylic oxidation sites excluding steroid dienone is 1. The number of nitrogens with one attached hydrogen (secondary N) is 2. The fourth-order valence-corrected chi connectivity index (χ4v) is 1.28. The van der Waals surface area contributed by atoms with Crippen LogP contribution in [0.2, 0.25) is 0 Å². The molecule has 1 rings (SSSR count). The van der Waals surface area contributed by atoms with Gasteiger partial charge in [0.05, 0.1) is 0 Å². The Morgan fingerprint density at radius 2 is 2.25 bits per heavy atom. The standard InChI is InChI=1S/C11H14N4O/c12-5-10(6-13)9-3-1-2-8(4-9)7-15-11(14)16/h1-6,12H,7,13H2,(H3,14,15,16)/b10-6+,12-5?. The molecule has 0 aliphatic carbocycles. The van der Waals surface area contributed by atoms with E-state index in [1.54, 1.807) is 0 Å². The van der Waals surface area contributed by atoms with E-state index in [1.807, 2.05) is 24.3 Å². The minimum Gasteiger partial charge on any atom is -0.404 e. The molecule has 84 valence electrons. The second-order valence-electron chi connectivity index (χ2n) is 3.18. The average Bonchev–Trinajstić information content (AvgIpc) is 2.29. The van der Waals surface area contributed by atoms with Gasteiger partial charge in [0.2, 0.25) is 0 Å². The highest BCUT2D eigenvalue weighted by Gasteiger charge is 2.00. The predicted molar refractivity (Wildman–Crippen MR) is 63.8 cm³/mol. The molecule has 0 bridgehead atoms. The van der Waals surface area contributed by atoms with E-state index in [-0.39, 0.29) is 0 Å². The smallest absolute Gasteiger partial charge is 0.312 e. The summed E-state index contributed by atoms with van der Waals surface area (Å²) in [5, 5.41) is 9.67. The number of urea groups is 1. The molecule has 1 aromatic rings. The van der Waals surface area contributed by atoms with Crippen LogP contribution in [0.5, 0.6) is 0 Å². The van der Waals surface area contributed by atoms with Crippen LogP contribution in [0.1, 0.15) is 11.1 Å². The molecule has 2 amide bonds. The SMILES string of the molecule is N=C/C(=C\N)c1cccc(CNC(N)=O)c1. The van der Waals surface area contributed by atoms with Gasteiger partial charge in [0.15, 0.2) is 0 Å². The summed E-state index contributed by atoms with van der Waals surface area (Å²) in [6.07, 6.45) is 2.55. The van der Waals surface area contributed by atoms with Crippen LogP contribution in [-0.4, -0.2) is 12.2 Å². The van der Waals surface area contributed by atoms with Gasteiger partial charge >= 0.3 is 6.03 Å². The van der Waals surface area contributed by atoms with Crippen molar-refractivity contribution in [3.8, 4) is 0 Å². The van der Waals surface area contributed by atoms with Crippen molar-refractivity contribution in [2.24, 2.45) is 11.5 Å². The first-order valence-electron chi connectivity index (χ1n) is 4.72. The van der Waals surface area contributed by atoms with Crippen molar-refractivity contribution >= 4 is 17.8 Å². The zero-order chi connectivity index (χ0) is 12.0. The molecular formula is C11H14N4O. The lowest BCUT2D eigenvalue weighted by Gasteiger charge is -2.05. The van der Waals surface area contributed by atoms with Gasteiger partial charge in [0.1, 0.15) is 0 Å². The predicted octanol–water partition coefficient (Wildman–Crippen LogP) is 0.804. The molecule has 0 fully saturated rings. The first-order chi connectivity index (χ1) is 7.67. The van der Waals surface area contributed by atoms with Gasteiger partial charge in [0, 0.05) is 24.5 Å². The number of rotatable bonds is 4. The molecule has 0 aliphatic heterocycles. The number of hydrogen-bond acceptors (Lipinski definition) is 3. The van der Waals surface area contributed by atoms with E-state index < -0.39 is 6.03 Å². The van der Waals surface area contributed by atoms with Gasteiger partial charge in [-0.1, -0.05) is 18.2 Å². The fourth-order valence-electron chi connectivity index (χ4n) is 1.28. The van der Waals surface area contributed by atoms with Crippen LogP contribution in [0.3, 0.4) is 0 Å². The molecule has 5 heteroatoms. The van der Waals surface area contributed by atoms with E-state index in [2.05, 4.69) is 5.32 Å². The maximum atomic E-state index is 10.5. The summed E-state index contributed by atoms with van der Waals surface area (Å²) in [6, 6.07) is 6.82. The third kappa shape index (κ3) is 3.13. The molecule has 5 nitrogen and oxygen atoms in total. The summed E-state index contributed by atoms with van der Waals surface area (Å²) < 4.78 is 0. The van der Waals surface area contributed by atoms with Crippen molar-refractivity contribution in [2.45, 2.75) is 6.54 Å². The third-order valence-corrected chi connectivity index (χ3v) is 2.06. The van der Waals surface area contributed by atoms with E-state index in [1.165, 1.54) is 12.4 Å². The van der Waals surface area contributed by atoms with Crippen LogP contribution >= 0.6 is 0 Å². The Morgan fingerprint density at radius 1 is 1.50 bits per heavy atom. The number of primary amides is 1. The minimum absolute atomic E-state index is 0.360. The Kier molecular flexibility index (Phi) is 4.08. The van der Waals surface area contributed by atoms with E-state index in [9.17, 15) is 4.79 Å². The maximum Gasteiger partial charge on any atom is 0.312 e. The Bertz CT molecular complexity index is 426. The first kappa shape index (κ1) is 11.8. The molecule has 0 aliphatic rings. The Balaban J connectivity index is 2.86. The lowest BCUT2D eigenvalue weighted by molar-refractivity contribution is 0.248. The quantitative estimate of drug-likeness (QED) is 0.561. The topological polar surface area (TPSA) is 105 Å². The highest BCUT2D eigenvalue weighted by Crippen LogP contribution is 2.13. The second-order valence-corrected chi connectivity index (χ2v) is 3.18. The van der Waals surface area contributed by atoms with Crippen molar-refractivity contribution < 1.29 is 4.79 Å². The van der Waals surface area contributed by atoms with Crippen molar-refractivity contribution in [1.29, 1.82) is 5.41 Å². The number of benzene rings is 1. The third-order valence-electron chi connectivity index (χ3n) is 2.06.